The van der Waals surface area contributed by atoms with E-state index in [4.69, 9.17) is 4.74 Å². The number of ether oxygens (including phenoxy) is 1. The molecule has 2 aromatic rings. The van der Waals surface area contributed by atoms with Crippen LogP contribution < -0.4 is 10.2 Å². The number of amides is 2. The highest BCUT2D eigenvalue weighted by Crippen LogP contribution is 2.37. The standard InChI is InChI=1S/C21H22N2O4S/c1-3-27-21(26)15-8-4-5-9-16(15)22-19(24)13-23-17-10-6-7-11-18(17)28-14(2)12-20(23)25/h4-11,14H,3,12-13H2,1-2H3,(H,22,24). The molecule has 1 aliphatic heterocycles. The van der Waals surface area contributed by atoms with E-state index in [0.717, 1.165) is 10.6 Å². The van der Waals surface area contributed by atoms with E-state index >= 15 is 0 Å². The summed E-state index contributed by atoms with van der Waals surface area (Å²) >= 11 is 1.63. The zero-order valence-electron chi connectivity index (χ0n) is 15.8. The van der Waals surface area contributed by atoms with Crippen molar-refractivity contribution in [1.82, 2.24) is 0 Å². The average molecular weight is 398 g/mol. The Labute approximate surface area is 168 Å². The summed E-state index contributed by atoms with van der Waals surface area (Å²) < 4.78 is 5.03. The van der Waals surface area contributed by atoms with Gasteiger partial charge in [0.25, 0.3) is 0 Å². The van der Waals surface area contributed by atoms with E-state index in [1.54, 1.807) is 43.0 Å². The van der Waals surface area contributed by atoms with Crippen LogP contribution >= 0.6 is 11.8 Å². The molecule has 1 N–H and O–H groups in total. The molecule has 7 heteroatoms. The molecule has 0 radical (unpaired) electrons. The highest BCUT2D eigenvalue weighted by atomic mass is 32.2. The van der Waals surface area contributed by atoms with Crippen molar-refractivity contribution in [3.63, 3.8) is 0 Å². The third-order valence-corrected chi connectivity index (χ3v) is 5.41. The van der Waals surface area contributed by atoms with E-state index in [1.165, 1.54) is 4.90 Å². The zero-order valence-corrected chi connectivity index (χ0v) is 16.6. The number of rotatable bonds is 5. The first-order valence-corrected chi connectivity index (χ1v) is 9.99. The number of hydrogen-bond donors (Lipinski definition) is 1. The number of carbonyl (C=O) groups excluding carboxylic acids is 3. The molecular weight excluding hydrogens is 376 g/mol. The fourth-order valence-electron chi connectivity index (χ4n) is 3.01. The Morgan fingerprint density at radius 3 is 2.68 bits per heavy atom. The summed E-state index contributed by atoms with van der Waals surface area (Å²) in [5.41, 5.74) is 1.38. The van der Waals surface area contributed by atoms with Crippen LogP contribution in [0.25, 0.3) is 0 Å². The molecule has 3 rings (SSSR count). The molecule has 0 bridgehead atoms. The number of para-hydroxylation sites is 2. The van der Waals surface area contributed by atoms with Crippen LogP contribution in [0.1, 0.15) is 30.6 Å². The number of thioether (sulfide) groups is 1. The highest BCUT2D eigenvalue weighted by molar-refractivity contribution is 8.00. The summed E-state index contributed by atoms with van der Waals surface area (Å²) in [5, 5.41) is 2.87. The van der Waals surface area contributed by atoms with Gasteiger partial charge in [0.2, 0.25) is 11.8 Å². The third-order valence-electron chi connectivity index (χ3n) is 4.25. The van der Waals surface area contributed by atoms with Gasteiger partial charge in [0.1, 0.15) is 6.54 Å². The predicted molar refractivity (Wildman–Crippen MR) is 110 cm³/mol. The van der Waals surface area contributed by atoms with Gasteiger partial charge in [0.15, 0.2) is 0 Å². The molecule has 6 nitrogen and oxygen atoms in total. The summed E-state index contributed by atoms with van der Waals surface area (Å²) in [6, 6.07) is 14.2. The van der Waals surface area contributed by atoms with Crippen molar-refractivity contribution in [2.75, 3.05) is 23.4 Å². The second-order valence-electron chi connectivity index (χ2n) is 6.39. The summed E-state index contributed by atoms with van der Waals surface area (Å²) in [5.74, 6) is -0.974. The van der Waals surface area contributed by atoms with E-state index < -0.39 is 5.97 Å². The van der Waals surface area contributed by atoms with E-state index in [-0.39, 0.29) is 35.8 Å². The Balaban J connectivity index is 1.80. The monoisotopic (exact) mass is 398 g/mol. The number of anilines is 2. The fraction of sp³-hybridized carbons (Fsp3) is 0.286. The lowest BCUT2D eigenvalue weighted by molar-refractivity contribution is -0.121. The van der Waals surface area contributed by atoms with Crippen molar-refractivity contribution in [2.45, 2.75) is 30.4 Å². The minimum atomic E-state index is -0.500. The molecule has 2 aromatic carbocycles. The minimum absolute atomic E-state index is 0.0984. The maximum Gasteiger partial charge on any atom is 0.340 e. The van der Waals surface area contributed by atoms with Crippen LogP contribution in [0.3, 0.4) is 0 Å². The van der Waals surface area contributed by atoms with E-state index in [9.17, 15) is 14.4 Å². The Morgan fingerprint density at radius 1 is 1.18 bits per heavy atom. The van der Waals surface area contributed by atoms with Gasteiger partial charge < -0.3 is 15.0 Å². The predicted octanol–water partition coefficient (Wildman–Crippen LogP) is 3.72. The molecular formula is C21H22N2O4S. The smallest absolute Gasteiger partial charge is 0.340 e. The summed E-state index contributed by atoms with van der Waals surface area (Å²) in [6.45, 7) is 3.84. The fourth-order valence-corrected chi connectivity index (χ4v) is 4.13. The molecule has 0 fully saturated rings. The van der Waals surface area contributed by atoms with Crippen molar-refractivity contribution in [3.05, 3.63) is 54.1 Å². The molecule has 1 heterocycles. The van der Waals surface area contributed by atoms with E-state index in [2.05, 4.69) is 5.32 Å². The Kier molecular flexibility index (Phi) is 6.36. The van der Waals surface area contributed by atoms with Crippen molar-refractivity contribution in [1.29, 1.82) is 0 Å². The van der Waals surface area contributed by atoms with Crippen molar-refractivity contribution >= 4 is 40.9 Å². The second kappa shape index (κ2) is 8.93. The third kappa shape index (κ3) is 4.54. The molecule has 0 aliphatic carbocycles. The first-order chi connectivity index (χ1) is 13.5. The van der Waals surface area contributed by atoms with Gasteiger partial charge in [-0.3, -0.25) is 9.59 Å². The maximum absolute atomic E-state index is 12.7. The van der Waals surface area contributed by atoms with Crippen LogP contribution in [-0.2, 0) is 14.3 Å². The lowest BCUT2D eigenvalue weighted by Gasteiger charge is -2.22. The van der Waals surface area contributed by atoms with Crippen LogP contribution in [0.15, 0.2) is 53.4 Å². The molecule has 1 aliphatic rings. The van der Waals surface area contributed by atoms with Gasteiger partial charge in [-0.25, -0.2) is 4.79 Å². The van der Waals surface area contributed by atoms with Crippen LogP contribution in [0, 0.1) is 0 Å². The molecule has 1 atom stereocenters. The molecule has 28 heavy (non-hydrogen) atoms. The lowest BCUT2D eigenvalue weighted by Crippen LogP contribution is -2.38. The van der Waals surface area contributed by atoms with Gasteiger partial charge in [0, 0.05) is 16.6 Å². The number of fused-ring (bicyclic) bond motifs is 1. The molecule has 0 spiro atoms. The van der Waals surface area contributed by atoms with Gasteiger partial charge in [-0.1, -0.05) is 31.2 Å². The van der Waals surface area contributed by atoms with Crippen LogP contribution in [-0.4, -0.2) is 36.2 Å². The lowest BCUT2D eigenvalue weighted by atomic mass is 10.1. The highest BCUT2D eigenvalue weighted by Gasteiger charge is 2.28. The Morgan fingerprint density at radius 2 is 1.89 bits per heavy atom. The number of hydrogen-bond acceptors (Lipinski definition) is 5. The van der Waals surface area contributed by atoms with Gasteiger partial charge in [0.05, 0.1) is 23.5 Å². The molecule has 0 aromatic heterocycles. The van der Waals surface area contributed by atoms with E-state index in [0.29, 0.717) is 12.1 Å². The molecule has 0 saturated carbocycles. The van der Waals surface area contributed by atoms with Gasteiger partial charge in [-0.15, -0.1) is 11.8 Å². The van der Waals surface area contributed by atoms with E-state index in [1.807, 2.05) is 31.2 Å². The minimum Gasteiger partial charge on any atom is -0.462 e. The van der Waals surface area contributed by atoms with Crippen LogP contribution in [0.4, 0.5) is 11.4 Å². The van der Waals surface area contributed by atoms with Crippen LogP contribution in [0.2, 0.25) is 0 Å². The van der Waals surface area contributed by atoms with Crippen molar-refractivity contribution < 1.29 is 19.1 Å². The normalized spacial score (nSPS) is 16.1. The molecule has 1 unspecified atom stereocenters. The first-order valence-electron chi connectivity index (χ1n) is 9.11. The number of nitrogens with one attached hydrogen (secondary N) is 1. The zero-order chi connectivity index (χ0) is 20.1. The van der Waals surface area contributed by atoms with Crippen LogP contribution in [0.5, 0.6) is 0 Å². The maximum atomic E-state index is 12.7. The average Bonchev–Trinajstić information content (AvgIpc) is 2.78. The molecule has 0 saturated heterocycles. The number of nitrogens with zero attached hydrogens (tertiary/aromatic N) is 1. The SMILES string of the molecule is CCOC(=O)c1ccccc1NC(=O)CN1C(=O)CC(C)Sc2ccccc21. The van der Waals surface area contributed by atoms with Crippen molar-refractivity contribution in [3.8, 4) is 0 Å². The molecule has 146 valence electrons. The topological polar surface area (TPSA) is 75.7 Å². The summed E-state index contributed by atoms with van der Waals surface area (Å²) in [7, 11) is 0. The first kappa shape index (κ1) is 19.9. The van der Waals surface area contributed by atoms with Crippen molar-refractivity contribution in [2.24, 2.45) is 0 Å². The Hall–Kier alpha value is -2.80. The Bertz CT molecular complexity index is 899. The summed E-state index contributed by atoms with van der Waals surface area (Å²) in [6.07, 6.45) is 0.353. The number of benzene rings is 2. The summed E-state index contributed by atoms with van der Waals surface area (Å²) in [4.78, 5) is 40.0. The van der Waals surface area contributed by atoms with Gasteiger partial charge >= 0.3 is 5.97 Å². The van der Waals surface area contributed by atoms with Gasteiger partial charge in [-0.2, -0.15) is 0 Å². The molecule has 2 amide bonds. The second-order valence-corrected chi connectivity index (χ2v) is 7.87. The number of carbonyl (C=O) groups is 3. The number of esters is 1. The quantitative estimate of drug-likeness (QED) is 0.777. The largest absolute Gasteiger partial charge is 0.462 e. The van der Waals surface area contributed by atoms with Gasteiger partial charge in [-0.05, 0) is 31.2 Å².